The van der Waals surface area contributed by atoms with Gasteiger partial charge in [-0.05, 0) is 36.8 Å². The molecule has 0 radical (unpaired) electrons. The fourth-order valence-electron chi connectivity index (χ4n) is 3.75. The lowest BCUT2D eigenvalue weighted by Gasteiger charge is -2.34. The van der Waals surface area contributed by atoms with Crippen LogP contribution in [0, 0.1) is 18.3 Å². The molecule has 1 saturated heterocycles. The minimum atomic E-state index is -0.0698. The minimum Gasteiger partial charge on any atom is -0.496 e. The van der Waals surface area contributed by atoms with Gasteiger partial charge < -0.3 is 23.7 Å². The molecule has 4 rings (SSSR count). The summed E-state index contributed by atoms with van der Waals surface area (Å²) >= 11 is 0. The normalized spacial score (nSPS) is 13.7. The Morgan fingerprint density at radius 3 is 2.68 bits per heavy atom. The van der Waals surface area contributed by atoms with Crippen LogP contribution in [0.4, 0.5) is 5.88 Å². The number of aryl methyl sites for hydroxylation is 1. The van der Waals surface area contributed by atoms with Gasteiger partial charge in [-0.25, -0.2) is 0 Å². The summed E-state index contributed by atoms with van der Waals surface area (Å²) in [7, 11) is 1.61. The second kappa shape index (κ2) is 10.6. The molecule has 174 valence electrons. The van der Waals surface area contributed by atoms with E-state index in [1.54, 1.807) is 18.1 Å². The van der Waals surface area contributed by atoms with Crippen molar-refractivity contribution < 1.29 is 18.7 Å². The zero-order valence-corrected chi connectivity index (χ0v) is 19.2. The summed E-state index contributed by atoms with van der Waals surface area (Å²) in [6.45, 7) is 4.06. The van der Waals surface area contributed by atoms with E-state index in [-0.39, 0.29) is 18.2 Å². The molecule has 1 aliphatic rings. The van der Waals surface area contributed by atoms with Gasteiger partial charge in [0.2, 0.25) is 17.5 Å². The molecule has 0 N–H and O–H groups in total. The number of amides is 1. The maximum atomic E-state index is 12.6. The Bertz CT molecular complexity index is 1220. The molecule has 8 heteroatoms. The fourth-order valence-corrected chi connectivity index (χ4v) is 3.75. The van der Waals surface area contributed by atoms with E-state index in [2.05, 4.69) is 11.1 Å². The minimum absolute atomic E-state index is 0.00685. The predicted molar refractivity (Wildman–Crippen MR) is 129 cm³/mol. The van der Waals surface area contributed by atoms with Crippen LogP contribution in [0.3, 0.4) is 0 Å². The molecule has 0 spiro atoms. The van der Waals surface area contributed by atoms with E-state index in [0.717, 1.165) is 16.9 Å². The van der Waals surface area contributed by atoms with Crippen molar-refractivity contribution in [3.8, 4) is 17.6 Å². The number of ether oxygens (including phenoxy) is 2. The van der Waals surface area contributed by atoms with Crippen LogP contribution in [0.1, 0.15) is 22.7 Å². The van der Waals surface area contributed by atoms with Crippen LogP contribution >= 0.6 is 0 Å². The third-order valence-corrected chi connectivity index (χ3v) is 5.55. The van der Waals surface area contributed by atoms with Crippen molar-refractivity contribution in [3.63, 3.8) is 0 Å². The lowest BCUT2D eigenvalue weighted by Crippen LogP contribution is -2.50. The Balaban J connectivity index is 1.36. The van der Waals surface area contributed by atoms with E-state index >= 15 is 0 Å². The first kappa shape index (κ1) is 22.9. The third-order valence-electron chi connectivity index (χ3n) is 5.55. The highest BCUT2D eigenvalue weighted by Gasteiger charge is 2.26. The molecule has 1 fully saturated rings. The van der Waals surface area contributed by atoms with Gasteiger partial charge in [0, 0.05) is 37.8 Å². The molecule has 0 unspecified atom stereocenters. The lowest BCUT2D eigenvalue weighted by atomic mass is 10.2. The monoisotopic (exact) mass is 458 g/mol. The van der Waals surface area contributed by atoms with E-state index in [9.17, 15) is 10.1 Å². The molecule has 1 amide bonds. The topological polar surface area (TPSA) is 91.8 Å². The van der Waals surface area contributed by atoms with Crippen LogP contribution in [-0.2, 0) is 4.79 Å². The number of carbonyl (C=O) groups excluding carboxylic acids is 1. The number of aromatic nitrogens is 1. The number of piperazine rings is 1. The van der Waals surface area contributed by atoms with Crippen molar-refractivity contribution in [2.24, 2.45) is 0 Å². The molecular weight excluding hydrogens is 432 g/mol. The number of nitriles is 1. The molecule has 8 nitrogen and oxygen atoms in total. The Kier molecular flexibility index (Phi) is 7.13. The number of hydrogen-bond acceptors (Lipinski definition) is 7. The van der Waals surface area contributed by atoms with Gasteiger partial charge >= 0.3 is 0 Å². The van der Waals surface area contributed by atoms with E-state index in [0.29, 0.717) is 43.7 Å². The first-order chi connectivity index (χ1) is 16.6. The van der Waals surface area contributed by atoms with Gasteiger partial charge in [-0.2, -0.15) is 10.2 Å². The SMILES string of the molecule is COc1ccccc1/C=C/c1nc(C#N)c(N2CCN(C(=O)COc3cccc(C)c3)CC2)o1. The molecule has 0 aliphatic carbocycles. The van der Waals surface area contributed by atoms with Crippen LogP contribution in [0.2, 0.25) is 0 Å². The van der Waals surface area contributed by atoms with Crippen molar-refractivity contribution in [2.45, 2.75) is 6.92 Å². The first-order valence-corrected chi connectivity index (χ1v) is 11.0. The number of para-hydroxylation sites is 1. The van der Waals surface area contributed by atoms with Crippen molar-refractivity contribution in [1.29, 1.82) is 5.26 Å². The maximum Gasteiger partial charge on any atom is 0.260 e. The average Bonchev–Trinajstić information content (AvgIpc) is 3.29. The number of nitrogens with zero attached hydrogens (tertiary/aromatic N) is 4. The molecule has 2 heterocycles. The standard InChI is InChI=1S/C26H26N4O4/c1-19-6-5-8-21(16-19)33-18-25(31)29-12-14-30(15-13-29)26-22(17-27)28-24(34-26)11-10-20-7-3-4-9-23(20)32-2/h3-11,16H,12-15,18H2,1-2H3/b11-10+. The maximum absolute atomic E-state index is 12.6. The molecular formula is C26H26N4O4. The highest BCUT2D eigenvalue weighted by Crippen LogP contribution is 2.25. The number of methoxy groups -OCH3 is 1. The Labute approximate surface area is 198 Å². The van der Waals surface area contributed by atoms with Gasteiger partial charge in [-0.3, -0.25) is 4.79 Å². The molecule has 0 atom stereocenters. The quantitative estimate of drug-likeness (QED) is 0.532. The number of anilines is 1. The number of hydrogen-bond donors (Lipinski definition) is 0. The van der Waals surface area contributed by atoms with Gasteiger partial charge in [-0.15, -0.1) is 0 Å². The lowest BCUT2D eigenvalue weighted by molar-refractivity contribution is -0.133. The Hall–Kier alpha value is -4.25. The van der Waals surface area contributed by atoms with E-state index in [1.165, 1.54) is 0 Å². The second-order valence-electron chi connectivity index (χ2n) is 7.87. The van der Waals surface area contributed by atoms with Gasteiger partial charge in [-0.1, -0.05) is 30.3 Å². The summed E-state index contributed by atoms with van der Waals surface area (Å²) in [5, 5.41) is 9.54. The predicted octanol–water partition coefficient (Wildman–Crippen LogP) is 3.76. The first-order valence-electron chi connectivity index (χ1n) is 11.0. The van der Waals surface area contributed by atoms with Crippen molar-refractivity contribution in [3.05, 3.63) is 71.2 Å². The van der Waals surface area contributed by atoms with Crippen molar-refractivity contribution in [1.82, 2.24) is 9.88 Å². The van der Waals surface area contributed by atoms with Gasteiger partial charge in [0.25, 0.3) is 5.91 Å². The largest absolute Gasteiger partial charge is 0.496 e. The number of benzene rings is 2. The molecule has 3 aromatic rings. The molecule has 1 aromatic heterocycles. The second-order valence-corrected chi connectivity index (χ2v) is 7.87. The molecule has 2 aromatic carbocycles. The summed E-state index contributed by atoms with van der Waals surface area (Å²) in [5.74, 6) is 2.10. The third kappa shape index (κ3) is 5.38. The van der Waals surface area contributed by atoms with Gasteiger partial charge in [0.1, 0.15) is 17.6 Å². The average molecular weight is 459 g/mol. The van der Waals surface area contributed by atoms with Gasteiger partial charge in [0.15, 0.2) is 6.61 Å². The molecule has 1 aliphatic heterocycles. The number of oxazole rings is 1. The Morgan fingerprint density at radius 1 is 1.15 bits per heavy atom. The molecule has 0 saturated carbocycles. The van der Waals surface area contributed by atoms with Crippen molar-refractivity contribution in [2.75, 3.05) is 44.8 Å². The van der Waals surface area contributed by atoms with E-state index in [1.807, 2.05) is 66.4 Å². The van der Waals surface area contributed by atoms with Gasteiger partial charge in [0.05, 0.1) is 7.11 Å². The van der Waals surface area contributed by atoms with Crippen LogP contribution < -0.4 is 14.4 Å². The molecule has 0 bridgehead atoms. The number of rotatable bonds is 7. The highest BCUT2D eigenvalue weighted by molar-refractivity contribution is 5.78. The van der Waals surface area contributed by atoms with Crippen LogP contribution in [0.15, 0.2) is 52.9 Å². The fraction of sp³-hybridized carbons (Fsp3) is 0.269. The van der Waals surface area contributed by atoms with Crippen LogP contribution in [0.25, 0.3) is 12.2 Å². The van der Waals surface area contributed by atoms with Crippen molar-refractivity contribution >= 4 is 23.9 Å². The van der Waals surface area contributed by atoms with E-state index in [4.69, 9.17) is 13.9 Å². The Morgan fingerprint density at radius 2 is 1.94 bits per heavy atom. The number of carbonyl (C=O) groups is 1. The summed E-state index contributed by atoms with van der Waals surface area (Å²) < 4.78 is 16.9. The van der Waals surface area contributed by atoms with E-state index < -0.39 is 0 Å². The summed E-state index contributed by atoms with van der Waals surface area (Å²) in [6, 6.07) is 17.3. The van der Waals surface area contributed by atoms with Crippen LogP contribution in [-0.4, -0.2) is 55.7 Å². The zero-order valence-electron chi connectivity index (χ0n) is 19.2. The molecule has 34 heavy (non-hydrogen) atoms. The highest BCUT2D eigenvalue weighted by atomic mass is 16.5. The summed E-state index contributed by atoms with van der Waals surface area (Å²) in [4.78, 5) is 20.6. The smallest absolute Gasteiger partial charge is 0.260 e. The van der Waals surface area contributed by atoms with Crippen LogP contribution in [0.5, 0.6) is 11.5 Å². The zero-order chi connectivity index (χ0) is 23.9. The summed E-state index contributed by atoms with van der Waals surface area (Å²) in [6.07, 6.45) is 3.55. The summed E-state index contributed by atoms with van der Waals surface area (Å²) in [5.41, 5.74) is 2.18.